The molecular weight excluding hydrogens is 264 g/mol. The lowest BCUT2D eigenvalue weighted by molar-refractivity contribution is -0.130. The number of hydrogen-bond donors (Lipinski definition) is 0. The standard InChI is InChI=1S/C17H26N2O2/c1-3-18(4-2)17(20)10-7-15-5-8-16(9-6-15)19-11-13-21-14-12-19/h5-6,8-9H,3-4,7,10-14H2,1-2H3. The first kappa shape index (κ1) is 15.8. The van der Waals surface area contributed by atoms with Gasteiger partial charge in [-0.25, -0.2) is 0 Å². The molecule has 0 aliphatic carbocycles. The summed E-state index contributed by atoms with van der Waals surface area (Å²) in [4.78, 5) is 16.2. The Kier molecular flexibility index (Phi) is 6.05. The molecule has 0 saturated carbocycles. The fraction of sp³-hybridized carbons (Fsp3) is 0.588. The SMILES string of the molecule is CCN(CC)C(=O)CCc1ccc(N2CCOCC2)cc1. The molecular formula is C17H26N2O2. The summed E-state index contributed by atoms with van der Waals surface area (Å²) >= 11 is 0. The van der Waals surface area contributed by atoms with Crippen LogP contribution in [0, 0.1) is 0 Å². The third-order valence-electron chi connectivity index (χ3n) is 4.06. The first-order chi connectivity index (χ1) is 10.2. The number of anilines is 1. The molecule has 0 unspecified atom stereocenters. The summed E-state index contributed by atoms with van der Waals surface area (Å²) < 4.78 is 5.37. The molecule has 1 heterocycles. The third kappa shape index (κ3) is 4.46. The summed E-state index contributed by atoms with van der Waals surface area (Å²) in [5.74, 6) is 0.247. The van der Waals surface area contributed by atoms with Crippen LogP contribution in [0.4, 0.5) is 5.69 Å². The number of amides is 1. The number of benzene rings is 1. The molecule has 0 N–H and O–H groups in total. The Hall–Kier alpha value is -1.55. The van der Waals surface area contributed by atoms with Crippen molar-refractivity contribution in [1.82, 2.24) is 4.90 Å². The van der Waals surface area contributed by atoms with E-state index in [0.29, 0.717) is 6.42 Å². The molecule has 0 atom stereocenters. The van der Waals surface area contributed by atoms with Crippen LogP contribution in [0.25, 0.3) is 0 Å². The van der Waals surface area contributed by atoms with Crippen molar-refractivity contribution in [2.24, 2.45) is 0 Å². The summed E-state index contributed by atoms with van der Waals surface area (Å²) in [5.41, 5.74) is 2.48. The molecule has 116 valence electrons. The Morgan fingerprint density at radius 2 is 1.76 bits per heavy atom. The van der Waals surface area contributed by atoms with E-state index in [1.165, 1.54) is 11.3 Å². The highest BCUT2D eigenvalue weighted by molar-refractivity contribution is 5.76. The second-order valence-electron chi connectivity index (χ2n) is 5.33. The van der Waals surface area contributed by atoms with Crippen molar-refractivity contribution in [2.75, 3.05) is 44.3 Å². The smallest absolute Gasteiger partial charge is 0.222 e. The van der Waals surface area contributed by atoms with Crippen LogP contribution in [0.1, 0.15) is 25.8 Å². The molecule has 1 aliphatic heterocycles. The summed E-state index contributed by atoms with van der Waals surface area (Å²) in [6.07, 6.45) is 1.41. The monoisotopic (exact) mass is 290 g/mol. The summed E-state index contributed by atoms with van der Waals surface area (Å²) in [6, 6.07) is 8.59. The topological polar surface area (TPSA) is 32.8 Å². The van der Waals surface area contributed by atoms with Crippen LogP contribution in [-0.2, 0) is 16.0 Å². The molecule has 0 radical (unpaired) electrons. The molecule has 0 aromatic heterocycles. The van der Waals surface area contributed by atoms with Gasteiger partial charge in [-0.3, -0.25) is 4.79 Å². The van der Waals surface area contributed by atoms with E-state index < -0.39 is 0 Å². The van der Waals surface area contributed by atoms with Gasteiger partial charge in [-0.15, -0.1) is 0 Å². The van der Waals surface area contributed by atoms with Crippen LogP contribution in [0.2, 0.25) is 0 Å². The fourth-order valence-electron chi connectivity index (χ4n) is 2.68. The lowest BCUT2D eigenvalue weighted by atomic mass is 10.1. The van der Waals surface area contributed by atoms with Gasteiger partial charge in [-0.1, -0.05) is 12.1 Å². The van der Waals surface area contributed by atoms with Crippen LogP contribution in [0.5, 0.6) is 0 Å². The molecule has 0 bridgehead atoms. The van der Waals surface area contributed by atoms with Crippen molar-refractivity contribution in [1.29, 1.82) is 0 Å². The number of carbonyl (C=O) groups is 1. The van der Waals surface area contributed by atoms with E-state index in [9.17, 15) is 4.79 Å². The van der Waals surface area contributed by atoms with Crippen LogP contribution < -0.4 is 4.90 Å². The second kappa shape index (κ2) is 8.03. The molecule has 1 saturated heterocycles. The van der Waals surface area contributed by atoms with E-state index in [1.807, 2.05) is 18.7 Å². The molecule has 1 fully saturated rings. The van der Waals surface area contributed by atoms with Crippen molar-refractivity contribution in [3.05, 3.63) is 29.8 Å². The Morgan fingerprint density at radius 1 is 1.14 bits per heavy atom. The van der Waals surface area contributed by atoms with Crippen LogP contribution in [-0.4, -0.2) is 50.2 Å². The number of nitrogens with zero attached hydrogens (tertiary/aromatic N) is 2. The van der Waals surface area contributed by atoms with E-state index in [-0.39, 0.29) is 5.91 Å². The number of morpholine rings is 1. The molecule has 1 amide bonds. The van der Waals surface area contributed by atoms with Gasteiger partial charge in [0.05, 0.1) is 13.2 Å². The average Bonchev–Trinajstić information content (AvgIpc) is 2.55. The maximum atomic E-state index is 12.0. The maximum absolute atomic E-state index is 12.0. The molecule has 1 aromatic rings. The maximum Gasteiger partial charge on any atom is 0.222 e. The van der Waals surface area contributed by atoms with E-state index >= 15 is 0 Å². The molecule has 2 rings (SSSR count). The molecule has 4 heteroatoms. The number of rotatable bonds is 6. The second-order valence-corrected chi connectivity index (χ2v) is 5.33. The lowest BCUT2D eigenvalue weighted by Crippen LogP contribution is -2.36. The molecule has 1 aromatic carbocycles. The minimum atomic E-state index is 0.247. The molecule has 4 nitrogen and oxygen atoms in total. The highest BCUT2D eigenvalue weighted by Gasteiger charge is 2.12. The summed E-state index contributed by atoms with van der Waals surface area (Å²) in [5, 5.41) is 0. The van der Waals surface area contributed by atoms with Gasteiger partial charge < -0.3 is 14.5 Å². The minimum Gasteiger partial charge on any atom is -0.378 e. The minimum absolute atomic E-state index is 0.247. The Morgan fingerprint density at radius 3 is 2.33 bits per heavy atom. The summed E-state index contributed by atoms with van der Waals surface area (Å²) in [6.45, 7) is 9.17. The van der Waals surface area contributed by atoms with Crippen molar-refractivity contribution in [3.8, 4) is 0 Å². The van der Waals surface area contributed by atoms with Crippen molar-refractivity contribution < 1.29 is 9.53 Å². The zero-order valence-electron chi connectivity index (χ0n) is 13.2. The van der Waals surface area contributed by atoms with Gasteiger partial charge >= 0.3 is 0 Å². The quantitative estimate of drug-likeness (QED) is 0.806. The first-order valence-electron chi connectivity index (χ1n) is 7.94. The zero-order valence-corrected chi connectivity index (χ0v) is 13.2. The predicted octanol–water partition coefficient (Wildman–Crippen LogP) is 2.32. The summed E-state index contributed by atoms with van der Waals surface area (Å²) in [7, 11) is 0. The Bertz CT molecular complexity index is 435. The average molecular weight is 290 g/mol. The molecule has 1 aliphatic rings. The van der Waals surface area contributed by atoms with Crippen LogP contribution in [0.15, 0.2) is 24.3 Å². The van der Waals surface area contributed by atoms with Gasteiger partial charge in [0.25, 0.3) is 0 Å². The Balaban J connectivity index is 1.86. The van der Waals surface area contributed by atoms with Crippen molar-refractivity contribution >= 4 is 11.6 Å². The van der Waals surface area contributed by atoms with Gasteiger partial charge in [-0.05, 0) is 38.0 Å². The molecule has 21 heavy (non-hydrogen) atoms. The first-order valence-corrected chi connectivity index (χ1v) is 7.94. The van der Waals surface area contributed by atoms with Gasteiger partial charge in [-0.2, -0.15) is 0 Å². The Labute approximate surface area is 127 Å². The van der Waals surface area contributed by atoms with Gasteiger partial charge in [0, 0.05) is 38.3 Å². The van der Waals surface area contributed by atoms with Crippen molar-refractivity contribution in [2.45, 2.75) is 26.7 Å². The van der Waals surface area contributed by atoms with Gasteiger partial charge in [0.2, 0.25) is 5.91 Å². The predicted molar refractivity (Wildman–Crippen MR) is 85.7 cm³/mol. The number of ether oxygens (including phenoxy) is 1. The zero-order chi connectivity index (χ0) is 15.1. The third-order valence-corrected chi connectivity index (χ3v) is 4.06. The largest absolute Gasteiger partial charge is 0.378 e. The number of carbonyl (C=O) groups excluding carboxylic acids is 1. The van der Waals surface area contributed by atoms with E-state index in [4.69, 9.17) is 4.74 Å². The highest BCUT2D eigenvalue weighted by atomic mass is 16.5. The van der Waals surface area contributed by atoms with E-state index in [1.54, 1.807) is 0 Å². The van der Waals surface area contributed by atoms with E-state index in [2.05, 4.69) is 29.2 Å². The van der Waals surface area contributed by atoms with Crippen LogP contribution in [0.3, 0.4) is 0 Å². The van der Waals surface area contributed by atoms with Crippen molar-refractivity contribution in [3.63, 3.8) is 0 Å². The normalized spacial score (nSPS) is 15.0. The van der Waals surface area contributed by atoms with Crippen LogP contribution >= 0.6 is 0 Å². The van der Waals surface area contributed by atoms with E-state index in [0.717, 1.165) is 45.8 Å². The fourth-order valence-corrected chi connectivity index (χ4v) is 2.68. The lowest BCUT2D eigenvalue weighted by Gasteiger charge is -2.29. The highest BCUT2D eigenvalue weighted by Crippen LogP contribution is 2.17. The van der Waals surface area contributed by atoms with Gasteiger partial charge in [0.1, 0.15) is 0 Å². The van der Waals surface area contributed by atoms with Gasteiger partial charge in [0.15, 0.2) is 0 Å². The number of hydrogen-bond acceptors (Lipinski definition) is 3. The molecule has 0 spiro atoms. The number of aryl methyl sites for hydroxylation is 1.